The van der Waals surface area contributed by atoms with Gasteiger partial charge < -0.3 is 9.47 Å². The van der Waals surface area contributed by atoms with Crippen LogP contribution in [0.4, 0.5) is 5.69 Å². The Morgan fingerprint density at radius 1 is 0.943 bits per heavy atom. The summed E-state index contributed by atoms with van der Waals surface area (Å²) in [5.41, 5.74) is -0.338. The van der Waals surface area contributed by atoms with Crippen molar-refractivity contribution in [3.63, 3.8) is 0 Å². The van der Waals surface area contributed by atoms with Gasteiger partial charge in [0.1, 0.15) is 0 Å². The molecular weight excluding hydrogens is 472 g/mol. The number of carbonyl (C=O) groups is 2. The number of aromatic nitrogens is 1. The maximum Gasteiger partial charge on any atom is 0.338 e. The highest BCUT2D eigenvalue weighted by Crippen LogP contribution is 2.20. The molecule has 0 saturated heterocycles. The van der Waals surface area contributed by atoms with Crippen LogP contribution in [0.2, 0.25) is 0 Å². The van der Waals surface area contributed by atoms with Gasteiger partial charge in [-0.3, -0.25) is 18.9 Å². The molecule has 0 fully saturated rings. The SMILES string of the molecule is CC(C)OC(=O)c1cc(C(=O)OC(C)C)cc([N+](=O)[O-])c1.CCCCCCCCn1sccc1=O. The summed E-state index contributed by atoms with van der Waals surface area (Å²) in [6.07, 6.45) is 6.95. The van der Waals surface area contributed by atoms with Crippen molar-refractivity contribution in [3.05, 3.63) is 61.2 Å². The fourth-order valence-corrected chi connectivity index (χ4v) is 3.74. The van der Waals surface area contributed by atoms with Crippen LogP contribution in [0.3, 0.4) is 0 Å². The van der Waals surface area contributed by atoms with Gasteiger partial charge in [0.15, 0.2) is 0 Å². The smallest absolute Gasteiger partial charge is 0.338 e. The summed E-state index contributed by atoms with van der Waals surface area (Å²) < 4.78 is 11.8. The van der Waals surface area contributed by atoms with Gasteiger partial charge in [-0.25, -0.2) is 9.59 Å². The molecular formula is C25H36N2O7S. The summed E-state index contributed by atoms with van der Waals surface area (Å²) in [7, 11) is 0. The number of nitrogens with zero attached hydrogens (tertiary/aromatic N) is 2. The third-order valence-electron chi connectivity index (χ3n) is 4.64. The monoisotopic (exact) mass is 508 g/mol. The highest BCUT2D eigenvalue weighted by molar-refractivity contribution is 7.04. The zero-order valence-corrected chi connectivity index (χ0v) is 22.0. The van der Waals surface area contributed by atoms with Gasteiger partial charge in [-0.2, -0.15) is 0 Å². The minimum atomic E-state index is -0.729. The van der Waals surface area contributed by atoms with Gasteiger partial charge in [-0.05, 0) is 40.2 Å². The normalized spacial score (nSPS) is 10.6. The Bertz CT molecular complexity index is 971. The first-order valence-corrected chi connectivity index (χ1v) is 12.7. The molecule has 1 heterocycles. The number of unbranched alkanes of at least 4 members (excludes halogenated alkanes) is 5. The molecule has 0 aliphatic heterocycles. The Balaban J connectivity index is 0.000000379. The Hall–Kier alpha value is -3.01. The second-order valence-electron chi connectivity index (χ2n) is 8.55. The molecule has 0 N–H and O–H groups in total. The van der Waals surface area contributed by atoms with E-state index < -0.39 is 16.9 Å². The summed E-state index contributed by atoms with van der Waals surface area (Å²) in [5.74, 6) is -1.46. The van der Waals surface area contributed by atoms with Crippen LogP contribution in [-0.4, -0.2) is 33.0 Å². The first-order valence-electron chi connectivity index (χ1n) is 11.9. The summed E-state index contributed by atoms with van der Waals surface area (Å²) in [6, 6.07) is 5.00. The third-order valence-corrected chi connectivity index (χ3v) is 5.52. The molecule has 0 aliphatic rings. The number of rotatable bonds is 12. The summed E-state index contributed by atoms with van der Waals surface area (Å²) in [4.78, 5) is 45.0. The van der Waals surface area contributed by atoms with Gasteiger partial charge in [0, 0.05) is 30.1 Å². The van der Waals surface area contributed by atoms with Gasteiger partial charge in [-0.15, -0.1) is 0 Å². The lowest BCUT2D eigenvalue weighted by Crippen LogP contribution is -2.15. The molecule has 0 spiro atoms. The van der Waals surface area contributed by atoms with E-state index in [2.05, 4.69) is 6.92 Å². The van der Waals surface area contributed by atoms with Crippen LogP contribution in [0.5, 0.6) is 0 Å². The lowest BCUT2D eigenvalue weighted by molar-refractivity contribution is -0.384. The van der Waals surface area contributed by atoms with Crippen molar-refractivity contribution >= 4 is 29.2 Å². The van der Waals surface area contributed by atoms with Crippen molar-refractivity contribution in [1.29, 1.82) is 0 Å². The van der Waals surface area contributed by atoms with Gasteiger partial charge in [0.25, 0.3) is 11.2 Å². The van der Waals surface area contributed by atoms with E-state index in [9.17, 15) is 24.5 Å². The van der Waals surface area contributed by atoms with E-state index in [0.717, 1.165) is 25.1 Å². The summed E-state index contributed by atoms with van der Waals surface area (Å²) in [5, 5.41) is 12.8. The van der Waals surface area contributed by atoms with Crippen molar-refractivity contribution in [3.8, 4) is 0 Å². The number of hydrogen-bond acceptors (Lipinski definition) is 8. The largest absolute Gasteiger partial charge is 0.459 e. The number of nitro groups is 1. The number of ether oxygens (including phenoxy) is 2. The Morgan fingerprint density at radius 2 is 1.46 bits per heavy atom. The van der Waals surface area contributed by atoms with Crippen LogP contribution >= 0.6 is 11.5 Å². The molecule has 2 rings (SSSR count). The highest BCUT2D eigenvalue weighted by Gasteiger charge is 2.20. The molecule has 9 nitrogen and oxygen atoms in total. The summed E-state index contributed by atoms with van der Waals surface area (Å²) >= 11 is 1.52. The standard InChI is InChI=1S/C14H17NO6.C11H19NOS/c1-8(2)20-13(16)10-5-11(14(17)21-9(3)4)7-12(6-10)15(18)19;1-2-3-4-5-6-7-9-12-11(13)8-10-14-12/h5-9H,1-4H3;8,10H,2-7,9H2,1H3. The molecule has 35 heavy (non-hydrogen) atoms. The Labute approximate surface area is 210 Å². The molecule has 0 saturated carbocycles. The average Bonchev–Trinajstić information content (AvgIpc) is 3.20. The van der Waals surface area contributed by atoms with Crippen LogP contribution in [-0.2, 0) is 16.0 Å². The lowest BCUT2D eigenvalue weighted by atomic mass is 10.1. The van der Waals surface area contributed by atoms with Crippen LogP contribution in [0.1, 0.15) is 93.9 Å². The highest BCUT2D eigenvalue weighted by atomic mass is 32.1. The third kappa shape index (κ3) is 11.8. The Kier molecular flexibility index (Phi) is 13.6. The van der Waals surface area contributed by atoms with Gasteiger partial charge in [0.05, 0.1) is 28.3 Å². The van der Waals surface area contributed by atoms with E-state index in [4.69, 9.17) is 9.47 Å². The fourth-order valence-electron chi connectivity index (χ4n) is 3.01. The Morgan fingerprint density at radius 3 is 1.89 bits per heavy atom. The molecule has 194 valence electrons. The van der Waals surface area contributed by atoms with E-state index in [1.54, 1.807) is 33.8 Å². The molecule has 0 unspecified atom stereocenters. The summed E-state index contributed by atoms with van der Waals surface area (Å²) in [6.45, 7) is 9.76. The molecule has 10 heteroatoms. The van der Waals surface area contributed by atoms with Crippen LogP contribution in [0, 0.1) is 10.1 Å². The molecule has 0 bridgehead atoms. The first kappa shape index (κ1) is 30.0. The maximum atomic E-state index is 11.8. The van der Waals surface area contributed by atoms with E-state index in [1.165, 1.54) is 49.7 Å². The van der Waals surface area contributed by atoms with Crippen molar-refractivity contribution in [1.82, 2.24) is 3.96 Å². The molecule has 1 aromatic carbocycles. The molecule has 0 aliphatic carbocycles. The number of nitro benzene ring substituents is 1. The number of aryl methyl sites for hydroxylation is 1. The van der Waals surface area contributed by atoms with Crippen LogP contribution in [0.15, 0.2) is 34.4 Å². The average molecular weight is 509 g/mol. The maximum absolute atomic E-state index is 11.8. The number of carbonyl (C=O) groups excluding carboxylic acids is 2. The molecule has 0 atom stereocenters. The number of esters is 2. The van der Waals surface area contributed by atoms with Crippen molar-refractivity contribution < 1.29 is 24.0 Å². The van der Waals surface area contributed by atoms with Crippen molar-refractivity contribution in [2.45, 2.75) is 91.9 Å². The van der Waals surface area contributed by atoms with Crippen molar-refractivity contribution in [2.75, 3.05) is 0 Å². The predicted octanol–water partition coefficient (Wildman–Crippen LogP) is 6.00. The zero-order chi connectivity index (χ0) is 26.4. The van der Waals surface area contributed by atoms with Crippen LogP contribution in [0.25, 0.3) is 0 Å². The topological polar surface area (TPSA) is 118 Å². The first-order chi connectivity index (χ1) is 16.5. The zero-order valence-electron chi connectivity index (χ0n) is 21.2. The molecule has 2 aromatic rings. The van der Waals surface area contributed by atoms with Gasteiger partial charge >= 0.3 is 11.9 Å². The second kappa shape index (κ2) is 15.8. The minimum Gasteiger partial charge on any atom is -0.459 e. The number of benzene rings is 1. The van der Waals surface area contributed by atoms with E-state index in [1.807, 2.05) is 9.34 Å². The molecule has 0 amide bonds. The van der Waals surface area contributed by atoms with E-state index in [0.29, 0.717) is 0 Å². The van der Waals surface area contributed by atoms with E-state index in [-0.39, 0.29) is 34.6 Å². The number of hydrogen-bond donors (Lipinski definition) is 0. The van der Waals surface area contributed by atoms with Gasteiger partial charge in [-0.1, -0.05) is 50.6 Å². The van der Waals surface area contributed by atoms with Crippen molar-refractivity contribution in [2.24, 2.45) is 0 Å². The van der Waals surface area contributed by atoms with Crippen LogP contribution < -0.4 is 5.56 Å². The lowest BCUT2D eigenvalue weighted by Gasteiger charge is -2.10. The fraction of sp³-hybridized carbons (Fsp3) is 0.560. The predicted molar refractivity (Wildman–Crippen MR) is 136 cm³/mol. The second-order valence-corrected chi connectivity index (χ2v) is 9.47. The number of non-ortho nitro benzene ring substituents is 1. The molecule has 1 aromatic heterocycles. The minimum absolute atomic E-state index is 0.0615. The van der Waals surface area contributed by atoms with E-state index >= 15 is 0 Å². The quantitative estimate of drug-likeness (QED) is 0.149. The molecule has 0 radical (unpaired) electrons. The van der Waals surface area contributed by atoms with Gasteiger partial charge in [0.2, 0.25) is 0 Å².